The van der Waals surface area contributed by atoms with Crippen LogP contribution in [0.4, 0.5) is 5.95 Å². The smallest absolute Gasteiger partial charge is 0.294 e. The van der Waals surface area contributed by atoms with E-state index in [2.05, 4.69) is 11.9 Å². The van der Waals surface area contributed by atoms with Gasteiger partial charge >= 0.3 is 5.69 Å². The average Bonchev–Trinajstić information content (AvgIpc) is 3.11. The summed E-state index contributed by atoms with van der Waals surface area (Å²) < 4.78 is 4.52. The topological polar surface area (TPSA) is 77.4 Å². The molecule has 0 saturated heterocycles. The highest BCUT2D eigenvalue weighted by molar-refractivity contribution is 5.90. The van der Waals surface area contributed by atoms with E-state index >= 15 is 0 Å². The van der Waals surface area contributed by atoms with Gasteiger partial charge in [0.25, 0.3) is 5.56 Å². The van der Waals surface area contributed by atoms with Crippen molar-refractivity contribution in [3.63, 3.8) is 0 Å². The van der Waals surface area contributed by atoms with Crippen LogP contribution in [0.1, 0.15) is 78.2 Å². The molecule has 8 heteroatoms. The van der Waals surface area contributed by atoms with E-state index in [9.17, 15) is 9.59 Å². The molecule has 2 aromatic heterocycles. The summed E-state index contributed by atoms with van der Waals surface area (Å²) in [5, 5.41) is 6.63. The van der Waals surface area contributed by atoms with E-state index in [4.69, 9.17) is 5.10 Å². The first-order valence-electron chi connectivity index (χ1n) is 10.9. The van der Waals surface area contributed by atoms with Crippen molar-refractivity contribution in [2.45, 2.75) is 78.2 Å². The van der Waals surface area contributed by atoms with Gasteiger partial charge in [-0.25, -0.2) is 9.80 Å². The number of aromatic nitrogens is 4. The first-order chi connectivity index (χ1) is 13.9. The molecule has 1 aliphatic heterocycles. The Balaban J connectivity index is 1.80. The minimum absolute atomic E-state index is 0.0741. The van der Waals surface area contributed by atoms with Crippen molar-refractivity contribution in [3.8, 4) is 0 Å². The minimum Gasteiger partial charge on any atom is -0.294 e. The van der Waals surface area contributed by atoms with Crippen molar-refractivity contribution in [1.29, 1.82) is 0 Å². The molecule has 0 N–H and O–H groups in total. The molecular weight excluding hydrogens is 368 g/mol. The van der Waals surface area contributed by atoms with Gasteiger partial charge in [0.2, 0.25) is 5.95 Å². The summed E-state index contributed by atoms with van der Waals surface area (Å²) >= 11 is 0. The molecule has 0 aliphatic carbocycles. The molecule has 29 heavy (non-hydrogen) atoms. The van der Waals surface area contributed by atoms with Crippen molar-refractivity contribution in [1.82, 2.24) is 18.7 Å². The van der Waals surface area contributed by atoms with Crippen LogP contribution in [-0.4, -0.2) is 30.9 Å². The lowest BCUT2D eigenvalue weighted by Gasteiger charge is -2.29. The second kappa shape index (κ2) is 8.97. The van der Waals surface area contributed by atoms with Crippen LogP contribution in [0.25, 0.3) is 11.2 Å². The van der Waals surface area contributed by atoms with Crippen molar-refractivity contribution < 1.29 is 0 Å². The van der Waals surface area contributed by atoms with Crippen LogP contribution in [0.2, 0.25) is 0 Å². The Kier molecular flexibility index (Phi) is 6.59. The molecular formula is C21H34N6O2. The fourth-order valence-corrected chi connectivity index (χ4v) is 4.00. The lowest BCUT2D eigenvalue weighted by molar-refractivity contribution is 0.563. The summed E-state index contributed by atoms with van der Waals surface area (Å²) in [5.74, 6) is 0.652. The maximum Gasteiger partial charge on any atom is 0.332 e. The van der Waals surface area contributed by atoms with Gasteiger partial charge < -0.3 is 0 Å². The highest BCUT2D eigenvalue weighted by atomic mass is 16.2. The quantitative estimate of drug-likeness (QED) is 0.603. The Morgan fingerprint density at radius 3 is 2.21 bits per heavy atom. The van der Waals surface area contributed by atoms with Crippen LogP contribution >= 0.6 is 0 Å². The van der Waals surface area contributed by atoms with Crippen LogP contribution in [0.15, 0.2) is 14.7 Å². The summed E-state index contributed by atoms with van der Waals surface area (Å²) in [4.78, 5) is 29.8. The average molecular weight is 403 g/mol. The Labute approximate surface area is 171 Å². The zero-order valence-corrected chi connectivity index (χ0v) is 18.4. The van der Waals surface area contributed by atoms with Crippen LogP contribution in [0.5, 0.6) is 0 Å². The summed E-state index contributed by atoms with van der Waals surface area (Å²) in [6.45, 7) is 6.99. The molecule has 0 fully saturated rings. The van der Waals surface area contributed by atoms with E-state index < -0.39 is 0 Å². The zero-order chi connectivity index (χ0) is 21.1. The highest BCUT2D eigenvalue weighted by Crippen LogP contribution is 2.30. The third-order valence-electron chi connectivity index (χ3n) is 6.00. The number of aryl methyl sites for hydroxylation is 1. The van der Waals surface area contributed by atoms with E-state index in [-0.39, 0.29) is 17.3 Å². The van der Waals surface area contributed by atoms with Gasteiger partial charge in [-0.2, -0.15) is 10.1 Å². The Morgan fingerprint density at radius 1 is 0.931 bits per heavy atom. The third-order valence-corrected chi connectivity index (χ3v) is 6.00. The monoisotopic (exact) mass is 402 g/mol. The molecule has 1 aliphatic rings. The normalized spacial score (nSPS) is 16.4. The lowest BCUT2D eigenvalue weighted by atomic mass is 10.1. The fourth-order valence-electron chi connectivity index (χ4n) is 4.00. The number of imidazole rings is 1. The fraction of sp³-hybridized carbons (Fsp3) is 0.714. The first-order valence-corrected chi connectivity index (χ1v) is 10.9. The number of hydrazone groups is 1. The van der Waals surface area contributed by atoms with Gasteiger partial charge in [-0.3, -0.25) is 18.5 Å². The number of fused-ring (bicyclic) bond motifs is 3. The predicted octanol–water partition coefficient (Wildman–Crippen LogP) is 3.33. The molecule has 1 atom stereocenters. The molecule has 160 valence electrons. The highest BCUT2D eigenvalue weighted by Gasteiger charge is 2.29. The molecule has 0 radical (unpaired) electrons. The maximum atomic E-state index is 12.8. The second-order valence-corrected chi connectivity index (χ2v) is 8.18. The SMILES string of the molecule is CCCCCCCCCCN1N=C(C)[C@H](C)n2c1nc1c2c(=O)n(C)c(=O)n1C. The molecule has 8 nitrogen and oxygen atoms in total. The summed E-state index contributed by atoms with van der Waals surface area (Å²) in [6, 6.07) is -0.0741. The number of rotatable bonds is 9. The van der Waals surface area contributed by atoms with Gasteiger partial charge in [0.1, 0.15) is 0 Å². The minimum atomic E-state index is -0.363. The number of unbranched alkanes of at least 4 members (excludes halogenated alkanes) is 7. The number of nitrogens with zero attached hydrogens (tertiary/aromatic N) is 6. The van der Waals surface area contributed by atoms with Crippen LogP contribution < -0.4 is 16.3 Å². The molecule has 0 saturated carbocycles. The van der Waals surface area contributed by atoms with Crippen molar-refractivity contribution in [3.05, 3.63) is 20.8 Å². The van der Waals surface area contributed by atoms with Gasteiger partial charge in [-0.15, -0.1) is 0 Å². The van der Waals surface area contributed by atoms with E-state index in [0.717, 1.165) is 29.7 Å². The Hall–Kier alpha value is -2.38. The second-order valence-electron chi connectivity index (χ2n) is 8.18. The third kappa shape index (κ3) is 4.02. The van der Waals surface area contributed by atoms with Gasteiger partial charge in [-0.05, 0) is 20.3 Å². The van der Waals surface area contributed by atoms with Gasteiger partial charge in [0.05, 0.1) is 11.8 Å². The molecule has 3 heterocycles. The van der Waals surface area contributed by atoms with Crippen LogP contribution in [-0.2, 0) is 14.1 Å². The zero-order valence-electron chi connectivity index (χ0n) is 18.4. The van der Waals surface area contributed by atoms with Gasteiger partial charge in [0, 0.05) is 20.6 Å². The van der Waals surface area contributed by atoms with E-state index in [1.54, 1.807) is 7.05 Å². The molecule has 0 amide bonds. The van der Waals surface area contributed by atoms with Gasteiger partial charge in [0.15, 0.2) is 11.2 Å². The van der Waals surface area contributed by atoms with Crippen molar-refractivity contribution in [2.24, 2.45) is 19.2 Å². The summed E-state index contributed by atoms with van der Waals surface area (Å²) in [6.07, 6.45) is 9.98. The molecule has 2 aromatic rings. The van der Waals surface area contributed by atoms with Crippen LogP contribution in [0, 0.1) is 0 Å². The van der Waals surface area contributed by atoms with E-state index in [1.807, 2.05) is 23.4 Å². The summed E-state index contributed by atoms with van der Waals surface area (Å²) in [7, 11) is 3.17. The standard InChI is InChI=1S/C21H34N6O2/c1-6-7-8-9-10-11-12-13-14-26-20-22-18-17(27(20)16(3)15(2)23-26)19(28)25(5)21(29)24(18)4/h16H,6-14H2,1-5H3/t16-/m0/s1. The van der Waals surface area contributed by atoms with E-state index in [1.165, 1.54) is 50.1 Å². The van der Waals surface area contributed by atoms with Gasteiger partial charge in [-0.1, -0.05) is 51.9 Å². The Morgan fingerprint density at radius 2 is 1.55 bits per heavy atom. The largest absolute Gasteiger partial charge is 0.332 e. The number of hydrogen-bond acceptors (Lipinski definition) is 5. The summed E-state index contributed by atoms with van der Waals surface area (Å²) in [5.41, 5.74) is 1.15. The maximum absolute atomic E-state index is 12.8. The molecule has 0 bridgehead atoms. The predicted molar refractivity (Wildman–Crippen MR) is 118 cm³/mol. The molecule has 3 rings (SSSR count). The van der Waals surface area contributed by atoms with Crippen molar-refractivity contribution >= 4 is 22.8 Å². The van der Waals surface area contributed by atoms with E-state index in [0.29, 0.717) is 17.1 Å². The first kappa shape index (κ1) is 21.3. The number of anilines is 1. The number of hydrogen-bond donors (Lipinski definition) is 0. The molecule has 0 spiro atoms. The Bertz CT molecular complexity index is 1010. The molecule has 0 aromatic carbocycles. The van der Waals surface area contributed by atoms with Crippen LogP contribution in [0.3, 0.4) is 0 Å². The molecule has 0 unspecified atom stereocenters. The van der Waals surface area contributed by atoms with Crippen molar-refractivity contribution in [2.75, 3.05) is 11.6 Å². The lowest BCUT2D eigenvalue weighted by Crippen LogP contribution is -2.38.